The van der Waals surface area contributed by atoms with Gasteiger partial charge in [-0.3, -0.25) is 4.79 Å². The summed E-state index contributed by atoms with van der Waals surface area (Å²) in [5.41, 5.74) is 1.80. The van der Waals surface area contributed by atoms with Crippen molar-refractivity contribution >= 4 is 33.6 Å². The Bertz CT molecular complexity index is 792. The van der Waals surface area contributed by atoms with Gasteiger partial charge in [0, 0.05) is 22.5 Å². The van der Waals surface area contributed by atoms with Crippen LogP contribution in [0.5, 0.6) is 0 Å². The van der Waals surface area contributed by atoms with Crippen LogP contribution in [-0.4, -0.2) is 5.78 Å². The van der Waals surface area contributed by atoms with E-state index >= 15 is 0 Å². The SMILES string of the molecule is O=C1CC(c2cccs2)Nc2ccc3ccccc3c21. The number of anilines is 1. The van der Waals surface area contributed by atoms with E-state index in [1.807, 2.05) is 36.4 Å². The zero-order valence-electron chi connectivity index (χ0n) is 10.8. The molecule has 0 fully saturated rings. The predicted molar refractivity (Wildman–Crippen MR) is 83.6 cm³/mol. The second-order valence-electron chi connectivity index (χ2n) is 5.05. The van der Waals surface area contributed by atoms with Crippen molar-refractivity contribution < 1.29 is 4.79 Å². The summed E-state index contributed by atoms with van der Waals surface area (Å²) in [6, 6.07) is 16.4. The van der Waals surface area contributed by atoms with Crippen molar-refractivity contribution in [3.05, 3.63) is 64.4 Å². The van der Waals surface area contributed by atoms with Crippen molar-refractivity contribution in [2.24, 2.45) is 0 Å². The highest BCUT2D eigenvalue weighted by Crippen LogP contribution is 2.37. The molecule has 98 valence electrons. The third-order valence-electron chi connectivity index (χ3n) is 3.81. The van der Waals surface area contributed by atoms with Gasteiger partial charge >= 0.3 is 0 Å². The van der Waals surface area contributed by atoms with Gasteiger partial charge in [-0.25, -0.2) is 0 Å². The van der Waals surface area contributed by atoms with Gasteiger partial charge in [0.1, 0.15) is 0 Å². The molecule has 2 heterocycles. The fourth-order valence-electron chi connectivity index (χ4n) is 2.88. The molecule has 0 amide bonds. The highest BCUT2D eigenvalue weighted by Gasteiger charge is 2.27. The summed E-state index contributed by atoms with van der Waals surface area (Å²) in [7, 11) is 0. The number of nitrogens with one attached hydrogen (secondary N) is 1. The van der Waals surface area contributed by atoms with Crippen molar-refractivity contribution in [3.63, 3.8) is 0 Å². The molecule has 1 atom stereocenters. The van der Waals surface area contributed by atoms with E-state index in [9.17, 15) is 4.79 Å². The average Bonchev–Trinajstić information content (AvgIpc) is 3.01. The van der Waals surface area contributed by atoms with Crippen LogP contribution in [0.2, 0.25) is 0 Å². The minimum atomic E-state index is 0.108. The smallest absolute Gasteiger partial charge is 0.168 e. The third-order valence-corrected chi connectivity index (χ3v) is 4.80. The normalized spacial score (nSPS) is 17.8. The topological polar surface area (TPSA) is 29.1 Å². The van der Waals surface area contributed by atoms with Crippen LogP contribution in [0.25, 0.3) is 10.8 Å². The van der Waals surface area contributed by atoms with E-state index in [1.54, 1.807) is 11.3 Å². The van der Waals surface area contributed by atoms with Crippen molar-refractivity contribution in [1.29, 1.82) is 0 Å². The number of carbonyl (C=O) groups is 1. The number of benzene rings is 2. The van der Waals surface area contributed by atoms with Gasteiger partial charge in [-0.05, 0) is 28.3 Å². The van der Waals surface area contributed by atoms with Crippen LogP contribution in [0.1, 0.15) is 27.7 Å². The van der Waals surface area contributed by atoms with Gasteiger partial charge in [-0.15, -0.1) is 11.3 Å². The summed E-state index contributed by atoms with van der Waals surface area (Å²) < 4.78 is 0. The number of ketones is 1. The minimum absolute atomic E-state index is 0.108. The molecule has 0 aliphatic carbocycles. The maximum absolute atomic E-state index is 12.6. The molecule has 1 aliphatic heterocycles. The van der Waals surface area contributed by atoms with Crippen LogP contribution in [0, 0.1) is 0 Å². The Kier molecular flexibility index (Phi) is 2.60. The summed E-state index contributed by atoms with van der Waals surface area (Å²) in [6.45, 7) is 0. The first-order valence-electron chi connectivity index (χ1n) is 6.68. The second kappa shape index (κ2) is 4.46. The molecule has 1 aromatic heterocycles. The molecule has 1 aliphatic rings. The first-order valence-corrected chi connectivity index (χ1v) is 7.56. The number of rotatable bonds is 1. The fraction of sp³-hybridized carbons (Fsp3) is 0.118. The van der Waals surface area contributed by atoms with Gasteiger partial charge in [0.25, 0.3) is 0 Å². The molecule has 1 N–H and O–H groups in total. The Labute approximate surface area is 121 Å². The Morgan fingerprint density at radius 3 is 2.80 bits per heavy atom. The van der Waals surface area contributed by atoms with E-state index in [2.05, 4.69) is 22.8 Å². The standard InChI is InChI=1S/C17H13NOS/c19-15-10-14(16-6-3-9-20-16)18-13-8-7-11-4-1-2-5-12(11)17(13)15/h1-9,14,18H,10H2. The number of hydrogen-bond donors (Lipinski definition) is 1. The Morgan fingerprint density at radius 2 is 1.95 bits per heavy atom. The van der Waals surface area contributed by atoms with E-state index in [1.165, 1.54) is 4.88 Å². The monoisotopic (exact) mass is 279 g/mol. The van der Waals surface area contributed by atoms with Gasteiger partial charge in [-0.1, -0.05) is 36.4 Å². The summed E-state index contributed by atoms with van der Waals surface area (Å²) in [4.78, 5) is 13.8. The lowest BCUT2D eigenvalue weighted by Gasteiger charge is -2.26. The van der Waals surface area contributed by atoms with Gasteiger partial charge in [0.05, 0.1) is 6.04 Å². The average molecular weight is 279 g/mol. The minimum Gasteiger partial charge on any atom is -0.376 e. The molecule has 4 rings (SSSR count). The highest BCUT2D eigenvalue weighted by atomic mass is 32.1. The largest absolute Gasteiger partial charge is 0.376 e. The third kappa shape index (κ3) is 1.74. The zero-order valence-corrected chi connectivity index (χ0v) is 11.6. The number of carbonyl (C=O) groups excluding carboxylic acids is 1. The van der Waals surface area contributed by atoms with Crippen LogP contribution in [0.4, 0.5) is 5.69 Å². The number of thiophene rings is 1. The molecule has 0 bridgehead atoms. The summed E-state index contributed by atoms with van der Waals surface area (Å²) in [6.07, 6.45) is 0.529. The first-order chi connectivity index (χ1) is 9.83. The molecular formula is C17H13NOS. The predicted octanol–water partition coefficient (Wildman–Crippen LogP) is 4.64. The lowest BCUT2D eigenvalue weighted by Crippen LogP contribution is -2.22. The lowest BCUT2D eigenvalue weighted by molar-refractivity contribution is 0.0974. The van der Waals surface area contributed by atoms with Crippen LogP contribution in [0.3, 0.4) is 0 Å². The van der Waals surface area contributed by atoms with E-state index in [4.69, 9.17) is 0 Å². The maximum Gasteiger partial charge on any atom is 0.168 e. The number of hydrogen-bond acceptors (Lipinski definition) is 3. The Balaban J connectivity index is 1.86. The molecule has 3 heteroatoms. The molecule has 1 unspecified atom stereocenters. The van der Waals surface area contributed by atoms with E-state index in [0.717, 1.165) is 22.0 Å². The lowest BCUT2D eigenvalue weighted by atomic mass is 9.91. The second-order valence-corrected chi connectivity index (χ2v) is 6.03. The van der Waals surface area contributed by atoms with E-state index in [0.29, 0.717) is 6.42 Å². The van der Waals surface area contributed by atoms with Crippen molar-refractivity contribution in [2.75, 3.05) is 5.32 Å². The summed E-state index contributed by atoms with van der Waals surface area (Å²) in [5, 5.41) is 7.73. The Morgan fingerprint density at radius 1 is 1.05 bits per heavy atom. The van der Waals surface area contributed by atoms with Crippen molar-refractivity contribution in [2.45, 2.75) is 12.5 Å². The molecule has 0 spiro atoms. The van der Waals surface area contributed by atoms with Gasteiger partial charge < -0.3 is 5.32 Å². The van der Waals surface area contributed by atoms with Gasteiger partial charge in [-0.2, -0.15) is 0 Å². The summed E-state index contributed by atoms with van der Waals surface area (Å²) in [5.74, 6) is 0.231. The molecule has 0 saturated carbocycles. The van der Waals surface area contributed by atoms with E-state index in [-0.39, 0.29) is 11.8 Å². The maximum atomic E-state index is 12.6. The van der Waals surface area contributed by atoms with Crippen LogP contribution < -0.4 is 5.32 Å². The van der Waals surface area contributed by atoms with Crippen LogP contribution in [0.15, 0.2) is 53.9 Å². The molecule has 3 aromatic rings. The van der Waals surface area contributed by atoms with Crippen LogP contribution >= 0.6 is 11.3 Å². The molecular weight excluding hydrogens is 266 g/mol. The van der Waals surface area contributed by atoms with Crippen LogP contribution in [-0.2, 0) is 0 Å². The molecule has 0 radical (unpaired) electrons. The number of fused-ring (bicyclic) bond motifs is 3. The van der Waals surface area contributed by atoms with Crippen molar-refractivity contribution in [3.8, 4) is 0 Å². The highest BCUT2D eigenvalue weighted by molar-refractivity contribution is 7.10. The van der Waals surface area contributed by atoms with Crippen molar-refractivity contribution in [1.82, 2.24) is 0 Å². The van der Waals surface area contributed by atoms with Gasteiger partial charge in [0.15, 0.2) is 5.78 Å². The quantitative estimate of drug-likeness (QED) is 0.703. The Hall–Kier alpha value is -2.13. The van der Waals surface area contributed by atoms with Gasteiger partial charge in [0.2, 0.25) is 0 Å². The zero-order chi connectivity index (χ0) is 13.5. The summed E-state index contributed by atoms with van der Waals surface area (Å²) >= 11 is 1.70. The first kappa shape index (κ1) is 11.7. The fourth-order valence-corrected chi connectivity index (χ4v) is 3.66. The molecule has 2 nitrogen and oxygen atoms in total. The number of Topliss-reactive ketones (excluding diaryl/α,β-unsaturated/α-hetero) is 1. The molecule has 2 aromatic carbocycles. The molecule has 0 saturated heterocycles. The van der Waals surface area contributed by atoms with E-state index < -0.39 is 0 Å². The molecule has 20 heavy (non-hydrogen) atoms.